The van der Waals surface area contributed by atoms with Crippen LogP contribution in [-0.4, -0.2) is 49.5 Å². The molecule has 1 fully saturated rings. The highest BCUT2D eigenvalue weighted by atomic mass is 16.5. The molecule has 3 N–H and O–H groups in total. The van der Waals surface area contributed by atoms with Gasteiger partial charge in [0.15, 0.2) is 0 Å². The lowest BCUT2D eigenvalue weighted by molar-refractivity contribution is -0.120. The molecule has 0 radical (unpaired) electrons. The standard InChI is InChI=1S/C12H24N2O3/c1-9(2)7-17-8-11(15)5-13-6-12(16)14-10-3-4-10/h9-11,13,15H,3-8H2,1-2H3,(H,14,16). The first-order valence-corrected chi connectivity index (χ1v) is 6.33. The summed E-state index contributed by atoms with van der Waals surface area (Å²) in [5, 5.41) is 15.3. The van der Waals surface area contributed by atoms with Crippen molar-refractivity contribution in [2.24, 2.45) is 5.92 Å². The first kappa shape index (κ1) is 14.4. The number of rotatable bonds is 9. The van der Waals surface area contributed by atoms with E-state index in [1.165, 1.54) is 0 Å². The number of carbonyl (C=O) groups excluding carboxylic acids is 1. The van der Waals surface area contributed by atoms with Gasteiger partial charge in [0, 0.05) is 19.2 Å². The summed E-state index contributed by atoms with van der Waals surface area (Å²) in [6.45, 7) is 5.74. The van der Waals surface area contributed by atoms with Gasteiger partial charge in [-0.15, -0.1) is 0 Å². The molecule has 100 valence electrons. The van der Waals surface area contributed by atoms with Crippen molar-refractivity contribution in [3.8, 4) is 0 Å². The second kappa shape index (κ2) is 7.63. The Morgan fingerprint density at radius 2 is 2.12 bits per heavy atom. The highest BCUT2D eigenvalue weighted by molar-refractivity contribution is 5.78. The third kappa shape index (κ3) is 8.12. The molecule has 0 aliphatic heterocycles. The summed E-state index contributed by atoms with van der Waals surface area (Å²) in [7, 11) is 0. The lowest BCUT2D eigenvalue weighted by atomic mass is 10.2. The van der Waals surface area contributed by atoms with E-state index in [4.69, 9.17) is 4.74 Å². The Hall–Kier alpha value is -0.650. The molecule has 1 saturated carbocycles. The lowest BCUT2D eigenvalue weighted by Gasteiger charge is -2.13. The van der Waals surface area contributed by atoms with E-state index in [-0.39, 0.29) is 12.5 Å². The lowest BCUT2D eigenvalue weighted by Crippen LogP contribution is -2.39. The Bertz CT molecular complexity index is 230. The van der Waals surface area contributed by atoms with E-state index in [0.717, 1.165) is 12.8 Å². The summed E-state index contributed by atoms with van der Waals surface area (Å²) >= 11 is 0. The van der Waals surface area contributed by atoms with Gasteiger partial charge >= 0.3 is 0 Å². The van der Waals surface area contributed by atoms with E-state index in [1.54, 1.807) is 0 Å². The van der Waals surface area contributed by atoms with Gasteiger partial charge in [0.1, 0.15) is 0 Å². The summed E-state index contributed by atoms with van der Waals surface area (Å²) in [5.74, 6) is 0.474. The maximum absolute atomic E-state index is 11.3. The third-order valence-electron chi connectivity index (χ3n) is 2.37. The zero-order valence-electron chi connectivity index (χ0n) is 10.7. The zero-order chi connectivity index (χ0) is 12.7. The maximum Gasteiger partial charge on any atom is 0.234 e. The molecule has 0 aromatic carbocycles. The molecular formula is C12H24N2O3. The fraction of sp³-hybridized carbons (Fsp3) is 0.917. The molecule has 1 unspecified atom stereocenters. The fourth-order valence-corrected chi connectivity index (χ4v) is 1.36. The van der Waals surface area contributed by atoms with Gasteiger partial charge in [-0.2, -0.15) is 0 Å². The largest absolute Gasteiger partial charge is 0.389 e. The van der Waals surface area contributed by atoms with Gasteiger partial charge in [0.05, 0.1) is 19.3 Å². The number of hydrogen-bond donors (Lipinski definition) is 3. The Balaban J connectivity index is 1.91. The molecule has 1 rings (SSSR count). The molecule has 5 nitrogen and oxygen atoms in total. The van der Waals surface area contributed by atoms with Crippen molar-refractivity contribution in [1.29, 1.82) is 0 Å². The number of carbonyl (C=O) groups is 1. The average Bonchev–Trinajstić information content (AvgIpc) is 3.01. The molecule has 0 bridgehead atoms. The van der Waals surface area contributed by atoms with Crippen molar-refractivity contribution >= 4 is 5.91 Å². The molecule has 1 aliphatic carbocycles. The maximum atomic E-state index is 11.3. The van der Waals surface area contributed by atoms with Crippen LogP contribution in [0.5, 0.6) is 0 Å². The van der Waals surface area contributed by atoms with Crippen LogP contribution in [0.25, 0.3) is 0 Å². The molecule has 0 heterocycles. The van der Waals surface area contributed by atoms with E-state index in [9.17, 15) is 9.90 Å². The molecule has 1 atom stereocenters. The van der Waals surface area contributed by atoms with Crippen LogP contribution in [0.1, 0.15) is 26.7 Å². The SMILES string of the molecule is CC(C)COCC(O)CNCC(=O)NC1CC1. The summed E-state index contributed by atoms with van der Waals surface area (Å²) in [4.78, 5) is 11.3. The van der Waals surface area contributed by atoms with Gasteiger partial charge < -0.3 is 20.5 Å². The summed E-state index contributed by atoms with van der Waals surface area (Å²) in [6.07, 6.45) is 1.64. The predicted octanol–water partition coefficient (Wildman–Crippen LogP) is -0.112. The minimum atomic E-state index is -0.553. The molecule has 0 aromatic rings. The topological polar surface area (TPSA) is 70.6 Å². The van der Waals surface area contributed by atoms with Crippen LogP contribution < -0.4 is 10.6 Å². The number of aliphatic hydroxyl groups is 1. The molecular weight excluding hydrogens is 220 g/mol. The number of aliphatic hydroxyl groups excluding tert-OH is 1. The number of amides is 1. The fourth-order valence-electron chi connectivity index (χ4n) is 1.36. The second-order valence-electron chi connectivity index (χ2n) is 5.06. The smallest absolute Gasteiger partial charge is 0.234 e. The van der Waals surface area contributed by atoms with E-state index >= 15 is 0 Å². The molecule has 1 amide bonds. The van der Waals surface area contributed by atoms with Gasteiger partial charge in [-0.1, -0.05) is 13.8 Å². The molecule has 5 heteroatoms. The first-order chi connectivity index (χ1) is 8.08. The molecule has 0 aromatic heterocycles. The van der Waals surface area contributed by atoms with Gasteiger partial charge in [-0.05, 0) is 18.8 Å². The van der Waals surface area contributed by atoms with E-state index in [0.29, 0.717) is 31.7 Å². The summed E-state index contributed by atoms with van der Waals surface area (Å²) in [6, 6.07) is 0.392. The number of nitrogens with one attached hydrogen (secondary N) is 2. The van der Waals surface area contributed by atoms with Gasteiger partial charge in [-0.3, -0.25) is 4.79 Å². The quantitative estimate of drug-likeness (QED) is 0.529. The number of ether oxygens (including phenoxy) is 1. The van der Waals surface area contributed by atoms with Crippen molar-refractivity contribution in [3.63, 3.8) is 0 Å². The molecule has 1 aliphatic rings. The summed E-state index contributed by atoms with van der Waals surface area (Å²) < 4.78 is 5.30. The monoisotopic (exact) mass is 244 g/mol. The first-order valence-electron chi connectivity index (χ1n) is 6.33. The van der Waals surface area contributed by atoms with Crippen LogP contribution in [0.4, 0.5) is 0 Å². The Labute approximate surface area is 103 Å². The van der Waals surface area contributed by atoms with Crippen molar-refractivity contribution < 1.29 is 14.6 Å². The highest BCUT2D eigenvalue weighted by Gasteiger charge is 2.22. The zero-order valence-corrected chi connectivity index (χ0v) is 10.7. The minimum Gasteiger partial charge on any atom is -0.389 e. The van der Waals surface area contributed by atoms with Gasteiger partial charge in [0.25, 0.3) is 0 Å². The second-order valence-corrected chi connectivity index (χ2v) is 5.06. The minimum absolute atomic E-state index is 0.00259. The Morgan fingerprint density at radius 1 is 1.41 bits per heavy atom. The molecule has 0 saturated heterocycles. The highest BCUT2D eigenvalue weighted by Crippen LogP contribution is 2.18. The Kier molecular flexibility index (Phi) is 6.47. The predicted molar refractivity (Wildman–Crippen MR) is 65.7 cm³/mol. The van der Waals surface area contributed by atoms with Crippen molar-refractivity contribution in [2.75, 3.05) is 26.3 Å². The van der Waals surface area contributed by atoms with Gasteiger partial charge in [0.2, 0.25) is 5.91 Å². The Morgan fingerprint density at radius 3 is 2.71 bits per heavy atom. The van der Waals surface area contributed by atoms with Crippen LogP contribution in [0.3, 0.4) is 0 Å². The van der Waals surface area contributed by atoms with Crippen LogP contribution in [0.2, 0.25) is 0 Å². The average molecular weight is 244 g/mol. The van der Waals surface area contributed by atoms with Crippen molar-refractivity contribution in [1.82, 2.24) is 10.6 Å². The van der Waals surface area contributed by atoms with Crippen LogP contribution >= 0.6 is 0 Å². The van der Waals surface area contributed by atoms with E-state index < -0.39 is 6.10 Å². The molecule has 0 spiro atoms. The van der Waals surface area contributed by atoms with Crippen LogP contribution in [0, 0.1) is 5.92 Å². The third-order valence-corrected chi connectivity index (χ3v) is 2.37. The van der Waals surface area contributed by atoms with Crippen molar-refractivity contribution in [2.45, 2.75) is 38.8 Å². The van der Waals surface area contributed by atoms with Crippen LogP contribution in [-0.2, 0) is 9.53 Å². The van der Waals surface area contributed by atoms with Crippen molar-refractivity contribution in [3.05, 3.63) is 0 Å². The summed E-state index contributed by atoms with van der Waals surface area (Å²) in [5.41, 5.74) is 0. The van der Waals surface area contributed by atoms with Gasteiger partial charge in [-0.25, -0.2) is 0 Å². The normalized spacial score (nSPS) is 17.2. The van der Waals surface area contributed by atoms with Crippen LogP contribution in [0.15, 0.2) is 0 Å². The van der Waals surface area contributed by atoms with E-state index in [2.05, 4.69) is 24.5 Å². The van der Waals surface area contributed by atoms with E-state index in [1.807, 2.05) is 0 Å². The molecule has 17 heavy (non-hydrogen) atoms. The number of hydrogen-bond acceptors (Lipinski definition) is 4.